The number of nitrogens with zero attached hydrogens (tertiary/aromatic N) is 4. The number of halogens is 2. The van der Waals surface area contributed by atoms with Crippen molar-refractivity contribution in [3.8, 4) is 28.3 Å². The molecule has 0 bridgehead atoms. The molecule has 0 radical (unpaired) electrons. The molecule has 2 aliphatic rings. The molecule has 0 amide bonds. The molecule has 0 spiro atoms. The highest BCUT2D eigenvalue weighted by Crippen LogP contribution is 2.44. The lowest BCUT2D eigenvalue weighted by Gasteiger charge is -2.27. The first-order chi connectivity index (χ1) is 22.3. The molecule has 11 heteroatoms. The minimum absolute atomic E-state index is 0.196. The number of rotatable bonds is 7. The van der Waals surface area contributed by atoms with Crippen LogP contribution in [0.25, 0.3) is 33.2 Å². The lowest BCUT2D eigenvalue weighted by Crippen LogP contribution is -2.36. The van der Waals surface area contributed by atoms with Crippen LogP contribution in [-0.4, -0.2) is 46.1 Å². The first kappa shape index (κ1) is 30.6. The molecule has 3 aromatic heterocycles. The summed E-state index contributed by atoms with van der Waals surface area (Å²) < 4.78 is 12.7. The van der Waals surface area contributed by atoms with E-state index >= 15 is 0 Å². The number of methoxy groups -OCH3 is 1. The number of hydrogen-bond donors (Lipinski definition) is 2. The van der Waals surface area contributed by atoms with Gasteiger partial charge in [0.2, 0.25) is 5.88 Å². The highest BCUT2D eigenvalue weighted by molar-refractivity contribution is 6.39. The number of nitrogens with one attached hydrogen (secondary N) is 2. The van der Waals surface area contributed by atoms with Crippen molar-refractivity contribution in [1.82, 2.24) is 25.1 Å². The highest BCUT2D eigenvalue weighted by Gasteiger charge is 2.31. The maximum atomic E-state index is 13.0. The summed E-state index contributed by atoms with van der Waals surface area (Å²) in [5.74, 6) is 1.04. The van der Waals surface area contributed by atoms with E-state index in [1.807, 2.05) is 49.4 Å². The molecule has 7 rings (SSSR count). The van der Waals surface area contributed by atoms with Crippen LogP contribution in [0.2, 0.25) is 10.0 Å². The molecule has 1 aliphatic carbocycles. The standard InChI is InChI=1S/C35H34Cl2N6O3/c1-19-16-21-18-38-43(2)35(44)30(21)33(39-19)41-27-9-5-7-24(32(27)37)23-6-4-8-25(31(23)36)28-17-20-10-11-26(29(20)34(42-28)45-3)40-22-12-14-46-15-13-22/h4-9,16-18,22,26,40H,10-15H2,1-3H3,(H,39,41). The number of aromatic nitrogens is 4. The molecule has 1 atom stereocenters. The van der Waals surface area contributed by atoms with Gasteiger partial charge in [-0.2, -0.15) is 5.10 Å². The molecule has 9 nitrogen and oxygen atoms in total. The molecule has 2 N–H and O–H groups in total. The Labute approximate surface area is 276 Å². The van der Waals surface area contributed by atoms with Crippen molar-refractivity contribution in [2.75, 3.05) is 25.6 Å². The number of anilines is 2. The topological polar surface area (TPSA) is 103 Å². The normalized spacial score (nSPS) is 16.5. The summed E-state index contributed by atoms with van der Waals surface area (Å²) in [6, 6.07) is 16.1. The number of ether oxygens (including phenoxy) is 2. The number of hydrogen-bond acceptors (Lipinski definition) is 8. The lowest BCUT2D eigenvalue weighted by molar-refractivity contribution is 0.0748. The van der Waals surface area contributed by atoms with E-state index in [-0.39, 0.29) is 11.6 Å². The Hall–Kier alpha value is -4.02. The Morgan fingerprint density at radius 3 is 2.50 bits per heavy atom. The lowest BCUT2D eigenvalue weighted by atomic mass is 9.99. The fourth-order valence-corrected chi connectivity index (χ4v) is 7.19. The highest BCUT2D eigenvalue weighted by atomic mass is 35.5. The van der Waals surface area contributed by atoms with Crippen LogP contribution in [0, 0.1) is 6.92 Å². The third kappa shape index (κ3) is 5.62. The molecule has 4 heterocycles. The van der Waals surface area contributed by atoms with Gasteiger partial charge in [-0.25, -0.2) is 14.6 Å². The van der Waals surface area contributed by atoms with Gasteiger partial charge in [-0.05, 0) is 56.4 Å². The van der Waals surface area contributed by atoms with Crippen LogP contribution >= 0.6 is 23.2 Å². The molecule has 1 aliphatic heterocycles. The van der Waals surface area contributed by atoms with Crippen molar-refractivity contribution in [2.24, 2.45) is 7.05 Å². The summed E-state index contributed by atoms with van der Waals surface area (Å²) in [6.07, 6.45) is 5.60. The van der Waals surface area contributed by atoms with E-state index < -0.39 is 0 Å². The summed E-state index contributed by atoms with van der Waals surface area (Å²) in [5, 5.41) is 13.4. The van der Waals surface area contributed by atoms with Crippen molar-refractivity contribution >= 4 is 45.5 Å². The average Bonchev–Trinajstić information content (AvgIpc) is 3.46. The van der Waals surface area contributed by atoms with Gasteiger partial charge in [0.25, 0.3) is 5.56 Å². The maximum absolute atomic E-state index is 13.0. The summed E-state index contributed by atoms with van der Waals surface area (Å²) in [5.41, 5.74) is 6.48. The van der Waals surface area contributed by atoms with Crippen molar-refractivity contribution in [2.45, 2.75) is 44.7 Å². The van der Waals surface area contributed by atoms with Gasteiger partial charge >= 0.3 is 0 Å². The second kappa shape index (κ2) is 12.6. The van der Waals surface area contributed by atoms with Crippen LogP contribution in [0.4, 0.5) is 11.5 Å². The van der Waals surface area contributed by atoms with Gasteiger partial charge in [-0.3, -0.25) is 4.79 Å². The predicted molar refractivity (Wildman–Crippen MR) is 183 cm³/mol. The summed E-state index contributed by atoms with van der Waals surface area (Å²) in [6.45, 7) is 3.46. The van der Waals surface area contributed by atoms with E-state index in [0.717, 1.165) is 72.5 Å². The largest absolute Gasteiger partial charge is 0.481 e. The van der Waals surface area contributed by atoms with E-state index in [4.69, 9.17) is 37.7 Å². The van der Waals surface area contributed by atoms with Crippen LogP contribution in [-0.2, 0) is 18.2 Å². The molecule has 1 unspecified atom stereocenters. The van der Waals surface area contributed by atoms with Gasteiger partial charge in [-0.1, -0.05) is 53.5 Å². The second-order valence-electron chi connectivity index (χ2n) is 11.8. The van der Waals surface area contributed by atoms with Gasteiger partial charge in [-0.15, -0.1) is 0 Å². The third-order valence-electron chi connectivity index (χ3n) is 8.88. The zero-order valence-corrected chi connectivity index (χ0v) is 27.4. The van der Waals surface area contributed by atoms with Crippen molar-refractivity contribution in [1.29, 1.82) is 0 Å². The molecule has 1 fully saturated rings. The Bertz CT molecular complexity index is 2030. The zero-order chi connectivity index (χ0) is 31.9. The summed E-state index contributed by atoms with van der Waals surface area (Å²) >= 11 is 14.2. The van der Waals surface area contributed by atoms with Crippen LogP contribution in [0.5, 0.6) is 5.88 Å². The van der Waals surface area contributed by atoms with E-state index in [0.29, 0.717) is 44.2 Å². The van der Waals surface area contributed by atoms with Crippen molar-refractivity contribution in [3.63, 3.8) is 0 Å². The Morgan fingerprint density at radius 2 is 1.72 bits per heavy atom. The number of aryl methyl sites for hydroxylation is 3. The molecular weight excluding hydrogens is 623 g/mol. The van der Waals surface area contributed by atoms with E-state index in [2.05, 4.69) is 26.8 Å². The molecule has 0 saturated carbocycles. The second-order valence-corrected chi connectivity index (χ2v) is 12.6. The van der Waals surface area contributed by atoms with Crippen molar-refractivity contribution < 1.29 is 9.47 Å². The quantitative estimate of drug-likeness (QED) is 0.190. The van der Waals surface area contributed by atoms with Crippen molar-refractivity contribution in [3.05, 3.63) is 91.9 Å². The maximum Gasteiger partial charge on any atom is 0.278 e. The van der Waals surface area contributed by atoms with Crippen LogP contribution < -0.4 is 20.9 Å². The van der Waals surface area contributed by atoms with Gasteiger partial charge < -0.3 is 20.1 Å². The first-order valence-corrected chi connectivity index (χ1v) is 16.2. The molecule has 236 valence electrons. The Morgan fingerprint density at radius 1 is 0.978 bits per heavy atom. The smallest absolute Gasteiger partial charge is 0.278 e. The van der Waals surface area contributed by atoms with Gasteiger partial charge in [0, 0.05) is 65.7 Å². The summed E-state index contributed by atoms with van der Waals surface area (Å²) in [4.78, 5) is 22.6. The first-order valence-electron chi connectivity index (χ1n) is 15.4. The minimum atomic E-state index is -0.251. The number of benzene rings is 2. The molecule has 46 heavy (non-hydrogen) atoms. The fourth-order valence-electron chi connectivity index (χ4n) is 6.60. The van der Waals surface area contributed by atoms with E-state index in [1.165, 1.54) is 10.2 Å². The Kier molecular flexibility index (Phi) is 8.42. The van der Waals surface area contributed by atoms with Crippen LogP contribution in [0.15, 0.2) is 59.5 Å². The minimum Gasteiger partial charge on any atom is -0.481 e. The SMILES string of the molecule is COc1nc(-c2cccc(-c3cccc(Nc4nc(C)cc5cnn(C)c(=O)c45)c3Cl)c2Cl)cc2c1C(NC1CCOCC1)CC2. The van der Waals surface area contributed by atoms with Crippen LogP contribution in [0.3, 0.4) is 0 Å². The molecule has 5 aromatic rings. The van der Waals surface area contributed by atoms with E-state index in [1.54, 1.807) is 20.4 Å². The molecular formula is C35H34Cl2N6O3. The van der Waals surface area contributed by atoms with Gasteiger partial charge in [0.05, 0.1) is 40.1 Å². The predicted octanol–water partition coefficient (Wildman–Crippen LogP) is 7.18. The number of pyridine rings is 2. The summed E-state index contributed by atoms with van der Waals surface area (Å²) in [7, 11) is 3.28. The van der Waals surface area contributed by atoms with E-state index in [9.17, 15) is 4.79 Å². The fraction of sp³-hybridized carbons (Fsp3) is 0.314. The molecule has 2 aromatic carbocycles. The number of fused-ring (bicyclic) bond motifs is 2. The monoisotopic (exact) mass is 656 g/mol. The van der Waals surface area contributed by atoms with Gasteiger partial charge in [0.15, 0.2) is 0 Å². The molecule has 1 saturated heterocycles. The Balaban J connectivity index is 1.24. The van der Waals surface area contributed by atoms with Crippen LogP contribution in [0.1, 0.15) is 42.1 Å². The third-order valence-corrected chi connectivity index (χ3v) is 9.70. The average molecular weight is 658 g/mol. The zero-order valence-electron chi connectivity index (χ0n) is 25.9. The van der Waals surface area contributed by atoms with Gasteiger partial charge in [0.1, 0.15) is 5.82 Å².